The van der Waals surface area contributed by atoms with Crippen LogP contribution in [-0.2, 0) is 16.0 Å². The highest BCUT2D eigenvalue weighted by Gasteiger charge is 2.42. The summed E-state index contributed by atoms with van der Waals surface area (Å²) in [5, 5.41) is 12.0. The third kappa shape index (κ3) is 4.39. The number of aromatic nitrogens is 1. The Balaban J connectivity index is 1.63. The Morgan fingerprint density at radius 1 is 1.40 bits per heavy atom. The van der Waals surface area contributed by atoms with Crippen molar-refractivity contribution in [2.24, 2.45) is 5.41 Å². The van der Waals surface area contributed by atoms with Crippen LogP contribution in [0.5, 0.6) is 0 Å². The third-order valence-electron chi connectivity index (χ3n) is 5.35. The minimum absolute atomic E-state index is 0.0231. The summed E-state index contributed by atoms with van der Waals surface area (Å²) in [7, 11) is 0. The molecule has 2 aliphatic rings. The van der Waals surface area contributed by atoms with E-state index in [4.69, 9.17) is 5.11 Å². The molecule has 0 unspecified atom stereocenters. The first-order chi connectivity index (χ1) is 12.0. The van der Waals surface area contributed by atoms with Gasteiger partial charge in [0, 0.05) is 50.0 Å². The molecule has 2 fully saturated rings. The van der Waals surface area contributed by atoms with Crippen LogP contribution in [0.1, 0.15) is 42.8 Å². The number of aliphatic hydroxyl groups excluding tert-OH is 1. The molecule has 138 valence electrons. The van der Waals surface area contributed by atoms with Crippen LogP contribution in [0.4, 0.5) is 0 Å². The second-order valence-corrected chi connectivity index (χ2v) is 8.41. The zero-order valence-electron chi connectivity index (χ0n) is 14.9. The molecule has 1 N–H and O–H groups in total. The van der Waals surface area contributed by atoms with Crippen LogP contribution in [0.15, 0.2) is 5.38 Å². The second kappa shape index (κ2) is 7.83. The quantitative estimate of drug-likeness (QED) is 0.860. The van der Waals surface area contributed by atoms with Gasteiger partial charge >= 0.3 is 0 Å². The molecular weight excluding hydrogens is 338 g/mol. The highest BCUT2D eigenvalue weighted by molar-refractivity contribution is 7.09. The lowest BCUT2D eigenvalue weighted by Gasteiger charge is -2.48. The number of carbonyl (C=O) groups excluding carboxylic acids is 2. The molecule has 0 radical (unpaired) electrons. The molecule has 1 atom stereocenters. The Morgan fingerprint density at radius 3 is 2.96 bits per heavy atom. The van der Waals surface area contributed by atoms with Crippen LogP contribution in [0, 0.1) is 12.3 Å². The number of hydrogen-bond acceptors (Lipinski definition) is 5. The first-order valence-electron chi connectivity index (χ1n) is 9.09. The van der Waals surface area contributed by atoms with Crippen molar-refractivity contribution in [1.29, 1.82) is 0 Å². The first kappa shape index (κ1) is 18.3. The molecule has 0 saturated carbocycles. The fraction of sp³-hybridized carbons (Fsp3) is 0.722. The lowest BCUT2D eigenvalue weighted by atomic mass is 9.73. The number of likely N-dealkylation sites (tertiary alicyclic amines) is 2. The van der Waals surface area contributed by atoms with E-state index in [2.05, 4.69) is 4.98 Å². The number of aliphatic hydroxyl groups is 1. The van der Waals surface area contributed by atoms with Gasteiger partial charge < -0.3 is 14.9 Å². The average Bonchev–Trinajstić information content (AvgIpc) is 3.01. The summed E-state index contributed by atoms with van der Waals surface area (Å²) in [6.07, 6.45) is 4.46. The van der Waals surface area contributed by atoms with Crippen molar-refractivity contribution in [1.82, 2.24) is 14.8 Å². The van der Waals surface area contributed by atoms with Crippen LogP contribution < -0.4 is 0 Å². The van der Waals surface area contributed by atoms with Crippen molar-refractivity contribution in [3.8, 4) is 0 Å². The Hall–Kier alpha value is -1.47. The summed E-state index contributed by atoms with van der Waals surface area (Å²) in [6, 6.07) is 0. The Labute approximate surface area is 152 Å². The molecule has 2 aliphatic heterocycles. The molecule has 0 aromatic carbocycles. The molecule has 7 heteroatoms. The minimum atomic E-state index is 0.0231. The van der Waals surface area contributed by atoms with Crippen molar-refractivity contribution in [3.63, 3.8) is 0 Å². The summed E-state index contributed by atoms with van der Waals surface area (Å²) in [5.41, 5.74) is 0.880. The molecule has 6 nitrogen and oxygen atoms in total. The molecule has 3 heterocycles. The van der Waals surface area contributed by atoms with Crippen LogP contribution in [0.3, 0.4) is 0 Å². The van der Waals surface area contributed by atoms with Gasteiger partial charge in [0.1, 0.15) is 0 Å². The van der Waals surface area contributed by atoms with E-state index in [0.717, 1.165) is 43.1 Å². The zero-order chi connectivity index (χ0) is 17.9. The third-order valence-corrected chi connectivity index (χ3v) is 6.17. The van der Waals surface area contributed by atoms with E-state index in [1.807, 2.05) is 22.1 Å². The summed E-state index contributed by atoms with van der Waals surface area (Å²) in [6.45, 7) is 4.92. The van der Waals surface area contributed by atoms with Gasteiger partial charge in [-0.15, -0.1) is 11.3 Å². The minimum Gasteiger partial charge on any atom is -0.396 e. The maximum Gasteiger partial charge on any atom is 0.228 e. The van der Waals surface area contributed by atoms with E-state index in [1.165, 1.54) is 0 Å². The number of nitrogens with zero attached hydrogens (tertiary/aromatic N) is 3. The molecule has 3 rings (SSSR count). The molecular formula is C18H27N3O3S. The van der Waals surface area contributed by atoms with E-state index < -0.39 is 0 Å². The molecule has 0 aliphatic carbocycles. The van der Waals surface area contributed by atoms with Gasteiger partial charge in [0.05, 0.1) is 17.1 Å². The molecule has 1 spiro atoms. The number of piperidine rings is 2. The van der Waals surface area contributed by atoms with Gasteiger partial charge in [-0.3, -0.25) is 9.59 Å². The van der Waals surface area contributed by atoms with E-state index in [1.54, 1.807) is 11.3 Å². The van der Waals surface area contributed by atoms with Gasteiger partial charge in [-0.25, -0.2) is 4.98 Å². The molecule has 25 heavy (non-hydrogen) atoms. The lowest BCUT2D eigenvalue weighted by molar-refractivity contribution is -0.142. The summed E-state index contributed by atoms with van der Waals surface area (Å²) >= 11 is 1.58. The molecule has 1 aromatic heterocycles. The topological polar surface area (TPSA) is 73.7 Å². The second-order valence-electron chi connectivity index (χ2n) is 7.35. The SMILES string of the molecule is Cc1nc(CC(=O)N2CCC[C@]3(CCC(=O)N(CCCO)C3)C2)cs1. The van der Waals surface area contributed by atoms with Gasteiger partial charge in [-0.05, 0) is 32.6 Å². The van der Waals surface area contributed by atoms with Gasteiger partial charge in [-0.1, -0.05) is 0 Å². The highest BCUT2D eigenvalue weighted by Crippen LogP contribution is 2.39. The number of aryl methyl sites for hydroxylation is 1. The van der Waals surface area contributed by atoms with E-state index in [-0.39, 0.29) is 23.8 Å². The Kier molecular flexibility index (Phi) is 5.74. The van der Waals surface area contributed by atoms with Crippen molar-refractivity contribution in [3.05, 3.63) is 16.1 Å². The first-order valence-corrected chi connectivity index (χ1v) is 9.97. The van der Waals surface area contributed by atoms with Gasteiger partial charge in [-0.2, -0.15) is 0 Å². The molecule has 1 aromatic rings. The van der Waals surface area contributed by atoms with Crippen LogP contribution >= 0.6 is 11.3 Å². The summed E-state index contributed by atoms with van der Waals surface area (Å²) in [5.74, 6) is 0.323. The largest absolute Gasteiger partial charge is 0.396 e. The van der Waals surface area contributed by atoms with Crippen LogP contribution in [0.2, 0.25) is 0 Å². The molecule has 2 saturated heterocycles. The standard InChI is InChI=1S/C18H27N3O3S/c1-14-19-15(11-25-14)10-17(24)21-7-2-5-18(13-21)6-4-16(23)20(12-18)8-3-9-22/h11,22H,2-10,12-13H2,1H3/t18-/m1/s1. The lowest BCUT2D eigenvalue weighted by Crippen LogP contribution is -2.55. The maximum absolute atomic E-state index is 12.7. The van der Waals surface area contributed by atoms with Crippen LogP contribution in [-0.4, -0.2) is 64.5 Å². The van der Waals surface area contributed by atoms with E-state index in [9.17, 15) is 9.59 Å². The predicted molar refractivity (Wildman–Crippen MR) is 96.3 cm³/mol. The van der Waals surface area contributed by atoms with E-state index in [0.29, 0.717) is 32.4 Å². The van der Waals surface area contributed by atoms with Crippen molar-refractivity contribution in [2.75, 3.05) is 32.8 Å². The molecule has 2 amide bonds. The fourth-order valence-electron chi connectivity index (χ4n) is 4.08. The number of thiazole rings is 1. The maximum atomic E-state index is 12.7. The van der Waals surface area contributed by atoms with Crippen LogP contribution in [0.25, 0.3) is 0 Å². The zero-order valence-corrected chi connectivity index (χ0v) is 15.7. The average molecular weight is 365 g/mol. The fourth-order valence-corrected chi connectivity index (χ4v) is 4.69. The molecule has 0 bridgehead atoms. The smallest absolute Gasteiger partial charge is 0.228 e. The number of rotatable bonds is 5. The van der Waals surface area contributed by atoms with Gasteiger partial charge in [0.15, 0.2) is 0 Å². The summed E-state index contributed by atoms with van der Waals surface area (Å²) < 4.78 is 0. The predicted octanol–water partition coefficient (Wildman–Crippen LogP) is 1.61. The normalized spacial score (nSPS) is 24.2. The summed E-state index contributed by atoms with van der Waals surface area (Å²) in [4.78, 5) is 33.1. The monoisotopic (exact) mass is 365 g/mol. The number of carbonyl (C=O) groups is 2. The Bertz CT molecular complexity index is 633. The van der Waals surface area contributed by atoms with E-state index >= 15 is 0 Å². The number of amides is 2. The van der Waals surface area contributed by atoms with Gasteiger partial charge in [0.2, 0.25) is 11.8 Å². The number of hydrogen-bond donors (Lipinski definition) is 1. The van der Waals surface area contributed by atoms with Gasteiger partial charge in [0.25, 0.3) is 0 Å². The van der Waals surface area contributed by atoms with Crippen molar-refractivity contribution in [2.45, 2.75) is 45.4 Å². The Morgan fingerprint density at radius 2 is 2.24 bits per heavy atom. The van der Waals surface area contributed by atoms with Crippen molar-refractivity contribution < 1.29 is 14.7 Å². The highest BCUT2D eigenvalue weighted by atomic mass is 32.1. The van der Waals surface area contributed by atoms with Crippen molar-refractivity contribution >= 4 is 23.2 Å².